The first-order chi connectivity index (χ1) is 26.7. The van der Waals surface area contributed by atoms with Gasteiger partial charge in [0.15, 0.2) is 5.76 Å². The zero-order chi connectivity index (χ0) is 42.2. The van der Waals surface area contributed by atoms with Crippen molar-refractivity contribution in [2.75, 3.05) is 58.8 Å². The molecule has 0 bridgehead atoms. The second kappa shape index (κ2) is 18.2. The fourth-order valence-corrected chi connectivity index (χ4v) is 5.69. The number of aliphatic carboxylic acids is 2. The minimum absolute atomic E-state index is 0.213. The molecule has 3 heterocycles. The minimum atomic E-state index is -5.08. The van der Waals surface area contributed by atoms with Crippen molar-refractivity contribution in [2.24, 2.45) is 0 Å². The highest BCUT2D eigenvalue weighted by Gasteiger charge is 2.39. The van der Waals surface area contributed by atoms with Gasteiger partial charge in [0.05, 0.1) is 12.7 Å². The van der Waals surface area contributed by atoms with Gasteiger partial charge >= 0.3 is 30.4 Å². The normalized spacial score (nSPS) is 15.1. The molecule has 3 aromatic carbocycles. The molecule has 306 valence electrons. The Morgan fingerprint density at radius 2 is 1.44 bits per heavy atom. The fourth-order valence-electron chi connectivity index (χ4n) is 5.69. The number of ketones is 1. The van der Waals surface area contributed by atoms with Crippen molar-refractivity contribution in [2.45, 2.75) is 25.8 Å². The number of amides is 1. The summed E-state index contributed by atoms with van der Waals surface area (Å²) in [4.78, 5) is 50.2. The number of methoxy groups -OCH3 is 1. The minimum Gasteiger partial charge on any atom is -0.497 e. The van der Waals surface area contributed by atoms with E-state index in [2.05, 4.69) is 34.4 Å². The van der Waals surface area contributed by atoms with Gasteiger partial charge in [0.1, 0.15) is 17.2 Å². The molecule has 0 unspecified atom stereocenters. The van der Waals surface area contributed by atoms with Gasteiger partial charge in [-0.25, -0.2) is 14.4 Å². The second-order valence-corrected chi connectivity index (χ2v) is 12.6. The summed E-state index contributed by atoms with van der Waals surface area (Å²) < 4.78 is 83.0. The van der Waals surface area contributed by atoms with Crippen LogP contribution in [0.1, 0.15) is 21.6 Å². The van der Waals surface area contributed by atoms with Gasteiger partial charge in [-0.3, -0.25) is 14.6 Å². The molecule has 0 spiro atoms. The summed E-state index contributed by atoms with van der Waals surface area (Å²) in [5.41, 5.74) is 4.19. The molecule has 4 aromatic rings. The number of para-hydroxylation sites is 1. The van der Waals surface area contributed by atoms with Crippen LogP contribution in [0.4, 0.5) is 36.8 Å². The van der Waals surface area contributed by atoms with Gasteiger partial charge < -0.3 is 33.9 Å². The monoisotopic (exact) mass is 808 g/mol. The number of Topliss-reactive ketones (excluding diaryl/α,β-unsaturated/α-hetero) is 1. The lowest BCUT2D eigenvalue weighted by Gasteiger charge is -2.32. The summed E-state index contributed by atoms with van der Waals surface area (Å²) in [5.74, 6) is -4.10. The van der Waals surface area contributed by atoms with Crippen molar-refractivity contribution in [1.82, 2.24) is 14.4 Å². The Bertz CT molecular complexity index is 2100. The molecule has 2 aliphatic rings. The van der Waals surface area contributed by atoms with Crippen LogP contribution in [0.15, 0.2) is 72.5 Å². The topological polar surface area (TPSA) is 151 Å². The Hall–Kier alpha value is -6.08. The number of fused-ring (bicyclic) bond motifs is 2. The maximum atomic E-state index is 13.4. The molecule has 2 N–H and O–H groups in total. The Morgan fingerprint density at radius 1 is 0.860 bits per heavy atom. The third-order valence-corrected chi connectivity index (χ3v) is 8.84. The third-order valence-electron chi connectivity index (χ3n) is 8.84. The Morgan fingerprint density at radius 3 is 2.00 bits per heavy atom. The van der Waals surface area contributed by atoms with E-state index in [4.69, 9.17) is 34.0 Å². The average molecular weight is 809 g/mol. The van der Waals surface area contributed by atoms with E-state index in [-0.39, 0.29) is 11.5 Å². The number of aromatic nitrogens is 1. The number of likely N-dealkylation sites (N-methyl/N-ethyl adjacent to an activating group) is 1. The zero-order valence-electron chi connectivity index (χ0n) is 31.0. The number of ether oxygens (including phenoxy) is 3. The molecule has 0 saturated carbocycles. The number of nitrogens with zero attached hydrogens (tertiary/aromatic N) is 4. The van der Waals surface area contributed by atoms with E-state index in [0.29, 0.717) is 22.7 Å². The average Bonchev–Trinajstić information content (AvgIpc) is 3.61. The van der Waals surface area contributed by atoms with E-state index in [1.165, 1.54) is 4.90 Å². The number of hydrogen-bond acceptors (Lipinski definition) is 9. The highest BCUT2D eigenvalue weighted by Crippen LogP contribution is 2.37. The molecular formula is C38H38F6N4O9. The molecule has 1 amide bonds. The quantitative estimate of drug-likeness (QED) is 0.151. The number of anilines is 1. The lowest BCUT2D eigenvalue weighted by Crippen LogP contribution is -2.45. The summed E-state index contributed by atoms with van der Waals surface area (Å²) in [6.07, 6.45) is -8.89. The molecule has 0 aliphatic carbocycles. The zero-order valence-corrected chi connectivity index (χ0v) is 31.0. The Balaban J connectivity index is 0.000000440. The number of carboxylic acids is 2. The second-order valence-electron chi connectivity index (χ2n) is 12.6. The van der Waals surface area contributed by atoms with E-state index in [9.17, 15) is 35.9 Å². The molecular weight excluding hydrogens is 770 g/mol. The van der Waals surface area contributed by atoms with Crippen LogP contribution in [-0.2, 0) is 16.1 Å². The van der Waals surface area contributed by atoms with Gasteiger partial charge in [0, 0.05) is 80.2 Å². The van der Waals surface area contributed by atoms with Crippen molar-refractivity contribution in [3.8, 4) is 17.2 Å². The smallest absolute Gasteiger partial charge is 0.490 e. The van der Waals surface area contributed by atoms with E-state index >= 15 is 0 Å². The van der Waals surface area contributed by atoms with Crippen LogP contribution >= 0.6 is 0 Å². The lowest BCUT2D eigenvalue weighted by molar-refractivity contribution is -0.193. The number of halogens is 6. The predicted octanol–water partition coefficient (Wildman–Crippen LogP) is 6.72. The first kappa shape index (κ1) is 43.6. The van der Waals surface area contributed by atoms with Crippen LogP contribution in [-0.4, -0.2) is 115 Å². The summed E-state index contributed by atoms with van der Waals surface area (Å²) in [6.45, 7) is 8.12. The number of carboxylic acid groups (broad SMARTS) is 2. The molecule has 0 radical (unpaired) electrons. The van der Waals surface area contributed by atoms with Crippen LogP contribution in [0.5, 0.6) is 17.2 Å². The first-order valence-electron chi connectivity index (χ1n) is 17.0. The summed E-state index contributed by atoms with van der Waals surface area (Å²) in [5, 5.41) is 15.2. The number of benzene rings is 3. The van der Waals surface area contributed by atoms with Crippen LogP contribution in [0.25, 0.3) is 17.0 Å². The van der Waals surface area contributed by atoms with Gasteiger partial charge in [-0.2, -0.15) is 26.3 Å². The fraction of sp³-hybridized carbons (Fsp3) is 0.316. The van der Waals surface area contributed by atoms with Crippen LogP contribution < -0.4 is 19.1 Å². The van der Waals surface area contributed by atoms with E-state index in [1.807, 2.05) is 48.5 Å². The number of carbonyl (C=O) groups excluding carboxylic acids is 2. The first-order valence-corrected chi connectivity index (χ1v) is 17.0. The SMILES string of the molecule is COc1ccc2c(c1)c(/C=C1\Oc3cc(OC(=O)N(C)c4ccccc4)ccc3C1=O)c(C)n2CCN1CCN(C)CC1.O=C(O)C(F)(F)F.O=C(O)C(F)(F)F. The number of alkyl halides is 6. The number of carbonyl (C=O) groups is 4. The lowest BCUT2D eigenvalue weighted by atomic mass is 10.1. The van der Waals surface area contributed by atoms with Gasteiger partial charge in [-0.1, -0.05) is 18.2 Å². The van der Waals surface area contributed by atoms with Gasteiger partial charge in [0.25, 0.3) is 0 Å². The van der Waals surface area contributed by atoms with Crippen molar-refractivity contribution in [1.29, 1.82) is 0 Å². The molecule has 57 heavy (non-hydrogen) atoms. The van der Waals surface area contributed by atoms with Crippen molar-refractivity contribution < 1.29 is 69.9 Å². The van der Waals surface area contributed by atoms with Gasteiger partial charge in [-0.15, -0.1) is 0 Å². The standard InChI is InChI=1S/C34H36N4O5.2C2HF3O2/c1-23-28(29-20-25(41-4)11-13-30(29)38(23)19-18-37-16-14-35(2)15-17-37)22-32-33(39)27-12-10-26(21-31(27)43-32)42-34(40)36(3)24-8-6-5-7-9-24;2*3-2(4,5)1(6)7/h5-13,20-22H,14-19H2,1-4H3;2*(H,6,7)/b32-22-;;. The van der Waals surface area contributed by atoms with Gasteiger partial charge in [-0.05, 0) is 62.5 Å². The number of rotatable bonds is 7. The molecule has 0 atom stereocenters. The number of hydrogen-bond donors (Lipinski definition) is 2. The summed E-state index contributed by atoms with van der Waals surface area (Å²) in [7, 11) is 5.46. The van der Waals surface area contributed by atoms with Gasteiger partial charge in [0.2, 0.25) is 5.78 Å². The van der Waals surface area contributed by atoms with E-state index < -0.39 is 30.4 Å². The molecule has 13 nitrogen and oxygen atoms in total. The van der Waals surface area contributed by atoms with E-state index in [0.717, 1.165) is 67.2 Å². The molecule has 19 heteroatoms. The Kier molecular flexibility index (Phi) is 14.0. The maximum absolute atomic E-state index is 13.4. The van der Waals surface area contributed by atoms with Crippen molar-refractivity contribution >= 4 is 46.5 Å². The summed E-state index contributed by atoms with van der Waals surface area (Å²) >= 11 is 0. The van der Waals surface area contributed by atoms with Crippen molar-refractivity contribution in [3.05, 3.63) is 89.3 Å². The number of allylic oxidation sites excluding steroid dienone is 1. The Labute approximate surface area is 321 Å². The molecule has 1 saturated heterocycles. The van der Waals surface area contributed by atoms with E-state index in [1.54, 1.807) is 32.4 Å². The maximum Gasteiger partial charge on any atom is 0.490 e. The van der Waals surface area contributed by atoms with Crippen LogP contribution in [0.2, 0.25) is 0 Å². The molecule has 1 aromatic heterocycles. The predicted molar refractivity (Wildman–Crippen MR) is 195 cm³/mol. The number of piperazine rings is 1. The summed E-state index contributed by atoms with van der Waals surface area (Å²) in [6, 6.07) is 20.1. The molecule has 1 fully saturated rings. The highest BCUT2D eigenvalue weighted by molar-refractivity contribution is 6.15. The van der Waals surface area contributed by atoms with Crippen molar-refractivity contribution in [3.63, 3.8) is 0 Å². The molecule has 2 aliphatic heterocycles. The largest absolute Gasteiger partial charge is 0.497 e. The van der Waals surface area contributed by atoms with Crippen LogP contribution in [0, 0.1) is 6.92 Å². The highest BCUT2D eigenvalue weighted by atomic mass is 19.4. The van der Waals surface area contributed by atoms with Crippen LogP contribution in [0.3, 0.4) is 0 Å². The third kappa shape index (κ3) is 11.3. The molecule has 6 rings (SSSR count).